The van der Waals surface area contributed by atoms with Gasteiger partial charge in [-0.2, -0.15) is 23.5 Å². The second-order valence-electron chi connectivity index (χ2n) is 6.93. The van der Waals surface area contributed by atoms with Gasteiger partial charge in [0.1, 0.15) is 27.8 Å². The van der Waals surface area contributed by atoms with Gasteiger partial charge in [0.25, 0.3) is 5.91 Å². The number of amides is 2. The molecule has 0 fully saturated rings. The summed E-state index contributed by atoms with van der Waals surface area (Å²) >= 11 is 4.17. The number of thioether (sulfide) groups is 2. The number of hydrogen-bond donors (Lipinski definition) is 3. The quantitative estimate of drug-likeness (QED) is 0.411. The second-order valence-corrected chi connectivity index (χ2v) is 9.90. The van der Waals surface area contributed by atoms with Gasteiger partial charge >= 0.3 is 5.97 Å². The van der Waals surface area contributed by atoms with E-state index in [2.05, 4.69) is 15.6 Å². The average Bonchev–Trinajstić information content (AvgIpc) is 3.15. The largest absolute Gasteiger partial charge is 0.480 e. The molecular weight excluding hydrogens is 473 g/mol. The first-order valence-corrected chi connectivity index (χ1v) is 13.4. The molecule has 3 N–H and O–H groups in total. The molecule has 2 rings (SSSR count). The van der Waals surface area contributed by atoms with Gasteiger partial charge in [-0.15, -0.1) is 11.3 Å². The summed E-state index contributed by atoms with van der Waals surface area (Å²) in [5.41, 5.74) is 1.19. The van der Waals surface area contributed by atoms with E-state index in [1.807, 2.05) is 12.5 Å². The molecule has 7 nitrogen and oxygen atoms in total. The summed E-state index contributed by atoms with van der Waals surface area (Å²) in [6.07, 6.45) is 4.40. The van der Waals surface area contributed by atoms with Crippen molar-refractivity contribution >= 4 is 52.6 Å². The lowest BCUT2D eigenvalue weighted by Gasteiger charge is -2.21. The van der Waals surface area contributed by atoms with E-state index in [1.54, 1.807) is 19.1 Å². The number of rotatable bonds is 12. The Labute approximate surface area is 199 Å². The third kappa shape index (κ3) is 7.49. The molecule has 2 amide bonds. The maximum atomic E-state index is 13.2. The summed E-state index contributed by atoms with van der Waals surface area (Å²) < 4.78 is 13.2. The zero-order valence-electron chi connectivity index (χ0n) is 18.0. The van der Waals surface area contributed by atoms with Crippen LogP contribution in [-0.2, 0) is 9.59 Å². The summed E-state index contributed by atoms with van der Waals surface area (Å²) in [4.78, 5) is 41.9. The minimum atomic E-state index is -1.11. The lowest BCUT2D eigenvalue weighted by Crippen LogP contribution is -2.52. The first-order valence-electron chi connectivity index (χ1n) is 9.82. The highest BCUT2D eigenvalue weighted by molar-refractivity contribution is 7.98. The van der Waals surface area contributed by atoms with Crippen molar-refractivity contribution in [2.45, 2.75) is 31.8 Å². The number of thiazole rings is 1. The average molecular weight is 500 g/mol. The standard InChI is InChI=1S/C21H26FN3O4S3/c1-12-17(32-20(23-12)13-4-6-14(22)7-5-13)19(27)24-15(8-10-30-2)18(26)25-16(21(28)29)9-11-31-3/h4-7,15-16H,8-11H2,1-3H3,(H,24,27)(H,25,26)(H,28,29)/t15-,16-/m0/s1. The molecule has 0 aliphatic carbocycles. The molecule has 0 spiro atoms. The lowest BCUT2D eigenvalue weighted by molar-refractivity contribution is -0.142. The van der Waals surface area contributed by atoms with Gasteiger partial charge in [0.05, 0.1) is 5.69 Å². The third-order valence-corrected chi connectivity index (χ3v) is 7.04. The van der Waals surface area contributed by atoms with Crippen LogP contribution in [0, 0.1) is 12.7 Å². The van der Waals surface area contributed by atoms with Crippen LogP contribution in [0.4, 0.5) is 4.39 Å². The Bertz CT molecular complexity index is 937. The number of nitrogens with zero attached hydrogens (tertiary/aromatic N) is 1. The van der Waals surface area contributed by atoms with Crippen LogP contribution >= 0.6 is 34.9 Å². The molecule has 0 aliphatic rings. The molecule has 0 unspecified atom stereocenters. The van der Waals surface area contributed by atoms with E-state index >= 15 is 0 Å². The Morgan fingerprint density at radius 2 is 1.66 bits per heavy atom. The first-order chi connectivity index (χ1) is 15.3. The van der Waals surface area contributed by atoms with Crippen LogP contribution in [-0.4, -0.2) is 64.0 Å². The fourth-order valence-corrected chi connectivity index (χ4v) is 4.73. The van der Waals surface area contributed by atoms with Gasteiger partial charge in [-0.05, 0) is 68.0 Å². The maximum Gasteiger partial charge on any atom is 0.326 e. The predicted molar refractivity (Wildman–Crippen MR) is 129 cm³/mol. The van der Waals surface area contributed by atoms with E-state index < -0.39 is 29.9 Å². The van der Waals surface area contributed by atoms with Gasteiger partial charge in [0, 0.05) is 5.56 Å². The van der Waals surface area contributed by atoms with E-state index in [4.69, 9.17) is 0 Å². The Kier molecular flexibility index (Phi) is 10.5. The third-order valence-electron chi connectivity index (χ3n) is 4.55. The molecular formula is C21H26FN3O4S3. The predicted octanol–water partition coefficient (Wildman–Crippen LogP) is 3.43. The summed E-state index contributed by atoms with van der Waals surface area (Å²) in [7, 11) is 0. The van der Waals surface area contributed by atoms with Crippen molar-refractivity contribution in [2.75, 3.05) is 24.0 Å². The number of carboxylic acid groups (broad SMARTS) is 1. The van der Waals surface area contributed by atoms with Crippen LogP contribution in [0.2, 0.25) is 0 Å². The number of halogens is 1. The number of carbonyl (C=O) groups is 3. The van der Waals surface area contributed by atoms with Crippen molar-refractivity contribution in [1.82, 2.24) is 15.6 Å². The summed E-state index contributed by atoms with van der Waals surface area (Å²) in [6, 6.07) is 3.94. The molecule has 32 heavy (non-hydrogen) atoms. The van der Waals surface area contributed by atoms with Crippen LogP contribution in [0.25, 0.3) is 10.6 Å². The Morgan fingerprint density at radius 1 is 1.06 bits per heavy atom. The Hall–Kier alpha value is -2.11. The molecule has 2 atom stereocenters. The highest BCUT2D eigenvalue weighted by Gasteiger charge is 2.27. The SMILES string of the molecule is CSCC[C@H](NC(=O)[C@H](CCSC)NC(=O)c1sc(-c2ccc(F)cc2)nc1C)C(=O)O. The molecule has 1 aromatic carbocycles. The minimum absolute atomic E-state index is 0.292. The number of aliphatic carboxylic acids is 1. The molecule has 174 valence electrons. The Morgan fingerprint density at radius 3 is 2.22 bits per heavy atom. The van der Waals surface area contributed by atoms with Crippen LogP contribution < -0.4 is 10.6 Å². The van der Waals surface area contributed by atoms with Gasteiger partial charge < -0.3 is 15.7 Å². The van der Waals surface area contributed by atoms with E-state index in [0.717, 1.165) is 11.3 Å². The van der Waals surface area contributed by atoms with Crippen LogP contribution in [0.15, 0.2) is 24.3 Å². The number of nitrogens with one attached hydrogen (secondary N) is 2. The highest BCUT2D eigenvalue weighted by Crippen LogP contribution is 2.28. The van der Waals surface area contributed by atoms with Crippen molar-refractivity contribution < 1.29 is 23.9 Å². The number of carboxylic acids is 1. The summed E-state index contributed by atoms with van der Waals surface area (Å²) in [5.74, 6) is -1.24. The molecule has 0 saturated heterocycles. The molecule has 1 heterocycles. The van der Waals surface area contributed by atoms with Gasteiger partial charge in [-0.25, -0.2) is 14.2 Å². The van der Waals surface area contributed by atoms with Crippen LogP contribution in [0.3, 0.4) is 0 Å². The number of benzene rings is 1. The van der Waals surface area contributed by atoms with Crippen LogP contribution in [0.1, 0.15) is 28.2 Å². The van der Waals surface area contributed by atoms with E-state index in [0.29, 0.717) is 45.5 Å². The van der Waals surface area contributed by atoms with Gasteiger partial charge in [0.15, 0.2) is 0 Å². The van der Waals surface area contributed by atoms with Gasteiger partial charge in [-0.3, -0.25) is 9.59 Å². The highest BCUT2D eigenvalue weighted by atomic mass is 32.2. The van der Waals surface area contributed by atoms with Gasteiger partial charge in [-0.1, -0.05) is 0 Å². The number of hydrogen-bond acceptors (Lipinski definition) is 7. The van der Waals surface area contributed by atoms with Gasteiger partial charge in [0.2, 0.25) is 5.91 Å². The number of aryl methyl sites for hydroxylation is 1. The topological polar surface area (TPSA) is 108 Å². The number of aromatic nitrogens is 1. The maximum absolute atomic E-state index is 13.2. The van der Waals surface area contributed by atoms with Crippen molar-refractivity contribution in [3.63, 3.8) is 0 Å². The Balaban J connectivity index is 2.15. The molecule has 2 aromatic rings. The van der Waals surface area contributed by atoms with Crippen molar-refractivity contribution in [3.05, 3.63) is 40.7 Å². The molecule has 0 saturated carbocycles. The van der Waals surface area contributed by atoms with Crippen molar-refractivity contribution in [2.24, 2.45) is 0 Å². The van der Waals surface area contributed by atoms with Crippen molar-refractivity contribution in [1.29, 1.82) is 0 Å². The molecule has 11 heteroatoms. The minimum Gasteiger partial charge on any atom is -0.480 e. The summed E-state index contributed by atoms with van der Waals surface area (Å²) in [5, 5.41) is 15.2. The number of carbonyl (C=O) groups excluding carboxylic acids is 2. The monoisotopic (exact) mass is 499 g/mol. The van der Waals surface area contributed by atoms with E-state index in [1.165, 1.54) is 35.7 Å². The smallest absolute Gasteiger partial charge is 0.326 e. The lowest BCUT2D eigenvalue weighted by atomic mass is 10.1. The molecule has 1 aromatic heterocycles. The zero-order chi connectivity index (χ0) is 23.7. The van der Waals surface area contributed by atoms with E-state index in [9.17, 15) is 23.9 Å². The molecule has 0 aliphatic heterocycles. The normalized spacial score (nSPS) is 12.8. The van der Waals surface area contributed by atoms with Crippen molar-refractivity contribution in [3.8, 4) is 10.6 Å². The fourth-order valence-electron chi connectivity index (χ4n) is 2.82. The molecule has 0 bridgehead atoms. The van der Waals surface area contributed by atoms with Crippen LogP contribution in [0.5, 0.6) is 0 Å². The first kappa shape index (κ1) is 26.1. The summed E-state index contributed by atoms with van der Waals surface area (Å²) in [6.45, 7) is 1.69. The fraction of sp³-hybridized carbons (Fsp3) is 0.429. The zero-order valence-corrected chi connectivity index (χ0v) is 20.5. The molecule has 0 radical (unpaired) electrons. The van der Waals surface area contributed by atoms with E-state index in [-0.39, 0.29) is 5.82 Å². The second kappa shape index (κ2) is 12.8.